The highest BCUT2D eigenvalue weighted by molar-refractivity contribution is 6.02. The second-order valence-electron chi connectivity index (χ2n) is 5.41. The smallest absolute Gasteiger partial charge is 0.165 e. The van der Waals surface area contributed by atoms with Crippen molar-refractivity contribution in [2.75, 3.05) is 36.0 Å². The summed E-state index contributed by atoms with van der Waals surface area (Å²) in [4.78, 5) is 20.3. The summed E-state index contributed by atoms with van der Waals surface area (Å²) in [5, 5.41) is 9.96. The highest BCUT2D eigenvalue weighted by Gasteiger charge is 2.22. The highest BCUT2D eigenvalue weighted by atomic mass is 16.3. The Balaban J connectivity index is 1.77. The van der Waals surface area contributed by atoms with Crippen LogP contribution in [0.2, 0.25) is 0 Å². The molecular weight excluding hydrogens is 278 g/mol. The molecule has 0 amide bonds. The van der Waals surface area contributed by atoms with Crippen LogP contribution in [0.3, 0.4) is 0 Å². The fourth-order valence-electron chi connectivity index (χ4n) is 2.91. The zero-order valence-corrected chi connectivity index (χ0v) is 12.6. The SMILES string of the molecule is CC(=O)c1c(O)cccc1N1CCN(c2ccncc2)CC1. The maximum Gasteiger partial charge on any atom is 0.165 e. The Hall–Kier alpha value is -2.56. The Bertz CT molecular complexity index is 665. The van der Waals surface area contributed by atoms with Gasteiger partial charge < -0.3 is 14.9 Å². The molecule has 5 heteroatoms. The molecule has 0 spiro atoms. The van der Waals surface area contributed by atoms with Gasteiger partial charge in [-0.1, -0.05) is 6.07 Å². The van der Waals surface area contributed by atoms with Crippen LogP contribution in [-0.4, -0.2) is 42.1 Å². The molecule has 1 fully saturated rings. The van der Waals surface area contributed by atoms with Gasteiger partial charge in [-0.05, 0) is 31.2 Å². The minimum atomic E-state index is -0.107. The molecule has 1 N–H and O–H groups in total. The topological polar surface area (TPSA) is 56.7 Å². The number of piperazine rings is 1. The van der Waals surface area contributed by atoms with Crippen LogP contribution in [-0.2, 0) is 0 Å². The van der Waals surface area contributed by atoms with E-state index in [-0.39, 0.29) is 11.5 Å². The molecular formula is C17H19N3O2. The van der Waals surface area contributed by atoms with Crippen molar-refractivity contribution in [3.05, 3.63) is 48.3 Å². The third-order valence-corrected chi connectivity index (χ3v) is 4.02. The van der Waals surface area contributed by atoms with Crippen molar-refractivity contribution in [3.63, 3.8) is 0 Å². The number of Topliss-reactive ketones (excluding diaryl/α,β-unsaturated/α-hetero) is 1. The van der Waals surface area contributed by atoms with Crippen LogP contribution >= 0.6 is 0 Å². The molecule has 0 aliphatic carbocycles. The van der Waals surface area contributed by atoms with E-state index in [9.17, 15) is 9.90 Å². The molecule has 5 nitrogen and oxygen atoms in total. The van der Waals surface area contributed by atoms with Crippen LogP contribution in [0.4, 0.5) is 11.4 Å². The van der Waals surface area contributed by atoms with Gasteiger partial charge in [0, 0.05) is 44.3 Å². The summed E-state index contributed by atoms with van der Waals surface area (Å²) in [5.41, 5.74) is 2.40. The summed E-state index contributed by atoms with van der Waals surface area (Å²) in [5.74, 6) is -0.0498. The van der Waals surface area contributed by atoms with E-state index in [1.807, 2.05) is 18.2 Å². The number of phenols is 1. The first-order valence-corrected chi connectivity index (χ1v) is 7.39. The zero-order chi connectivity index (χ0) is 15.5. The molecule has 2 aromatic rings. The predicted molar refractivity (Wildman–Crippen MR) is 86.8 cm³/mol. The summed E-state index contributed by atoms with van der Waals surface area (Å²) in [6.45, 7) is 4.86. The Labute approximate surface area is 129 Å². The van der Waals surface area contributed by atoms with Gasteiger partial charge in [0.2, 0.25) is 0 Å². The Morgan fingerprint density at radius 1 is 1.05 bits per heavy atom. The number of benzene rings is 1. The lowest BCUT2D eigenvalue weighted by Crippen LogP contribution is -2.47. The molecule has 1 aliphatic rings. The van der Waals surface area contributed by atoms with Gasteiger partial charge >= 0.3 is 0 Å². The second-order valence-corrected chi connectivity index (χ2v) is 5.41. The lowest BCUT2D eigenvalue weighted by Gasteiger charge is -2.38. The van der Waals surface area contributed by atoms with Crippen molar-refractivity contribution in [3.8, 4) is 5.75 Å². The Morgan fingerprint density at radius 2 is 1.68 bits per heavy atom. The maximum absolute atomic E-state index is 11.8. The quantitative estimate of drug-likeness (QED) is 0.881. The molecule has 0 saturated carbocycles. The number of anilines is 2. The van der Waals surface area contributed by atoms with E-state index in [0.29, 0.717) is 5.56 Å². The number of phenolic OH excluding ortho intramolecular Hbond substituents is 1. The van der Waals surface area contributed by atoms with Crippen molar-refractivity contribution in [1.29, 1.82) is 0 Å². The average molecular weight is 297 g/mol. The van der Waals surface area contributed by atoms with Gasteiger partial charge in [-0.15, -0.1) is 0 Å². The van der Waals surface area contributed by atoms with Gasteiger partial charge in [0.1, 0.15) is 5.75 Å². The lowest BCUT2D eigenvalue weighted by atomic mass is 10.1. The number of rotatable bonds is 3. The minimum Gasteiger partial charge on any atom is -0.507 e. The molecule has 1 aromatic heterocycles. The molecule has 0 atom stereocenters. The van der Waals surface area contributed by atoms with E-state index in [4.69, 9.17) is 0 Å². The van der Waals surface area contributed by atoms with Crippen molar-refractivity contribution >= 4 is 17.2 Å². The highest BCUT2D eigenvalue weighted by Crippen LogP contribution is 2.30. The van der Waals surface area contributed by atoms with Crippen LogP contribution in [0.5, 0.6) is 5.75 Å². The number of carbonyl (C=O) groups excluding carboxylic acids is 1. The first-order valence-electron chi connectivity index (χ1n) is 7.39. The van der Waals surface area contributed by atoms with Gasteiger partial charge in [0.15, 0.2) is 5.78 Å². The van der Waals surface area contributed by atoms with Crippen molar-refractivity contribution in [2.24, 2.45) is 0 Å². The van der Waals surface area contributed by atoms with E-state index >= 15 is 0 Å². The van der Waals surface area contributed by atoms with Gasteiger partial charge in [0.05, 0.1) is 11.3 Å². The summed E-state index contributed by atoms with van der Waals surface area (Å²) < 4.78 is 0. The molecule has 3 rings (SSSR count). The molecule has 22 heavy (non-hydrogen) atoms. The van der Waals surface area contributed by atoms with Crippen molar-refractivity contribution < 1.29 is 9.90 Å². The van der Waals surface area contributed by atoms with Crippen LogP contribution < -0.4 is 9.80 Å². The number of aromatic nitrogens is 1. The second kappa shape index (κ2) is 6.05. The number of pyridine rings is 1. The van der Waals surface area contributed by atoms with E-state index in [0.717, 1.165) is 37.6 Å². The molecule has 0 unspecified atom stereocenters. The van der Waals surface area contributed by atoms with E-state index in [2.05, 4.69) is 14.8 Å². The number of ketones is 1. The molecule has 1 aromatic carbocycles. The third-order valence-electron chi connectivity index (χ3n) is 4.02. The van der Waals surface area contributed by atoms with Crippen molar-refractivity contribution in [2.45, 2.75) is 6.92 Å². The first-order chi connectivity index (χ1) is 10.7. The van der Waals surface area contributed by atoms with Crippen LogP contribution in [0.15, 0.2) is 42.7 Å². The number of nitrogens with zero attached hydrogens (tertiary/aromatic N) is 3. The summed E-state index contributed by atoms with van der Waals surface area (Å²) in [6.07, 6.45) is 3.59. The van der Waals surface area contributed by atoms with Crippen LogP contribution in [0.1, 0.15) is 17.3 Å². The normalized spacial score (nSPS) is 15.0. The molecule has 114 valence electrons. The fourth-order valence-corrected chi connectivity index (χ4v) is 2.91. The largest absolute Gasteiger partial charge is 0.507 e. The zero-order valence-electron chi connectivity index (χ0n) is 12.6. The first kappa shape index (κ1) is 14.4. The van der Waals surface area contributed by atoms with E-state index < -0.39 is 0 Å². The number of hydrogen-bond donors (Lipinski definition) is 1. The Kier molecular flexibility index (Phi) is 3.96. The number of carbonyl (C=O) groups is 1. The summed E-state index contributed by atoms with van der Waals surface area (Å²) in [6, 6.07) is 9.26. The monoisotopic (exact) mass is 297 g/mol. The molecule has 0 radical (unpaired) electrons. The average Bonchev–Trinajstić information content (AvgIpc) is 2.55. The van der Waals surface area contributed by atoms with Gasteiger partial charge in [-0.3, -0.25) is 9.78 Å². The lowest BCUT2D eigenvalue weighted by molar-refractivity contribution is 0.101. The number of hydrogen-bond acceptors (Lipinski definition) is 5. The molecule has 2 heterocycles. The number of aromatic hydroxyl groups is 1. The molecule has 0 bridgehead atoms. The summed E-state index contributed by atoms with van der Waals surface area (Å²) >= 11 is 0. The third kappa shape index (κ3) is 2.74. The van der Waals surface area contributed by atoms with Crippen LogP contribution in [0.25, 0.3) is 0 Å². The van der Waals surface area contributed by atoms with Gasteiger partial charge in [0.25, 0.3) is 0 Å². The van der Waals surface area contributed by atoms with Crippen LogP contribution in [0, 0.1) is 0 Å². The van der Waals surface area contributed by atoms with Gasteiger partial charge in [-0.2, -0.15) is 0 Å². The van der Waals surface area contributed by atoms with Gasteiger partial charge in [-0.25, -0.2) is 0 Å². The summed E-state index contributed by atoms with van der Waals surface area (Å²) in [7, 11) is 0. The predicted octanol–water partition coefficient (Wildman–Crippen LogP) is 2.32. The van der Waals surface area contributed by atoms with E-state index in [1.165, 1.54) is 6.92 Å². The maximum atomic E-state index is 11.8. The fraction of sp³-hybridized carbons (Fsp3) is 0.294. The van der Waals surface area contributed by atoms with E-state index in [1.54, 1.807) is 24.5 Å². The molecule has 1 aliphatic heterocycles. The minimum absolute atomic E-state index is 0.0570. The standard InChI is InChI=1S/C17H19N3O2/c1-13(21)17-15(3-2-4-16(17)22)20-11-9-19(10-12-20)14-5-7-18-8-6-14/h2-8,22H,9-12H2,1H3. The molecule has 1 saturated heterocycles. The van der Waals surface area contributed by atoms with Crippen molar-refractivity contribution in [1.82, 2.24) is 4.98 Å². The Morgan fingerprint density at radius 3 is 2.32 bits per heavy atom.